The zero-order chi connectivity index (χ0) is 13.9. The van der Waals surface area contributed by atoms with Crippen molar-refractivity contribution in [3.05, 3.63) is 29.3 Å². The predicted octanol–water partition coefficient (Wildman–Crippen LogP) is 3.01. The van der Waals surface area contributed by atoms with Crippen LogP contribution >= 0.6 is 11.6 Å². The van der Waals surface area contributed by atoms with E-state index in [1.165, 1.54) is 0 Å². The molecule has 2 amide bonds. The second-order valence-corrected chi connectivity index (χ2v) is 5.74. The fourth-order valence-electron chi connectivity index (χ4n) is 2.55. The van der Waals surface area contributed by atoms with Crippen LogP contribution in [0.2, 0.25) is 5.02 Å². The molecule has 19 heavy (non-hydrogen) atoms. The molecule has 0 bridgehead atoms. The molecule has 2 atom stereocenters. The van der Waals surface area contributed by atoms with Crippen LogP contribution in [0, 0.1) is 5.41 Å². The fraction of sp³-hybridized carbons (Fsp3) is 0.500. The number of carbonyl (C=O) groups is 1. The summed E-state index contributed by atoms with van der Waals surface area (Å²) in [5, 5.41) is 15.6. The standard InChI is InChI=1S/C14H19ClN2O2/c1-14(9-18)8-4-7-12(14)17-13(19)16-11-6-3-2-5-10(11)15/h2-3,5-6,12,18H,4,7-9H2,1H3,(H2,16,17,19). The summed E-state index contributed by atoms with van der Waals surface area (Å²) < 4.78 is 0. The molecule has 0 heterocycles. The topological polar surface area (TPSA) is 61.4 Å². The number of amides is 2. The average Bonchev–Trinajstić information content (AvgIpc) is 2.75. The van der Waals surface area contributed by atoms with Gasteiger partial charge in [-0.1, -0.05) is 37.1 Å². The number of hydrogen-bond acceptors (Lipinski definition) is 2. The van der Waals surface area contributed by atoms with Crippen molar-refractivity contribution in [1.29, 1.82) is 0 Å². The van der Waals surface area contributed by atoms with Gasteiger partial charge in [-0.25, -0.2) is 4.79 Å². The number of aliphatic hydroxyl groups is 1. The number of halogens is 1. The van der Waals surface area contributed by atoms with Crippen molar-refractivity contribution in [3.8, 4) is 0 Å². The van der Waals surface area contributed by atoms with Gasteiger partial charge in [-0.3, -0.25) is 0 Å². The smallest absolute Gasteiger partial charge is 0.319 e. The van der Waals surface area contributed by atoms with E-state index in [4.69, 9.17) is 11.6 Å². The van der Waals surface area contributed by atoms with Crippen molar-refractivity contribution in [1.82, 2.24) is 5.32 Å². The number of aliphatic hydroxyl groups excluding tert-OH is 1. The maximum absolute atomic E-state index is 12.0. The molecule has 1 aromatic carbocycles. The molecule has 0 radical (unpaired) electrons. The van der Waals surface area contributed by atoms with Crippen LogP contribution in [-0.4, -0.2) is 23.8 Å². The van der Waals surface area contributed by atoms with E-state index < -0.39 is 0 Å². The minimum Gasteiger partial charge on any atom is -0.396 e. The highest BCUT2D eigenvalue weighted by atomic mass is 35.5. The Labute approximate surface area is 118 Å². The number of carbonyl (C=O) groups excluding carboxylic acids is 1. The van der Waals surface area contributed by atoms with Crippen LogP contribution < -0.4 is 10.6 Å². The Hall–Kier alpha value is -1.26. The fourth-order valence-corrected chi connectivity index (χ4v) is 2.73. The van der Waals surface area contributed by atoms with Gasteiger partial charge < -0.3 is 15.7 Å². The van der Waals surface area contributed by atoms with E-state index >= 15 is 0 Å². The Balaban J connectivity index is 1.97. The van der Waals surface area contributed by atoms with Gasteiger partial charge >= 0.3 is 6.03 Å². The van der Waals surface area contributed by atoms with Gasteiger partial charge in [-0.2, -0.15) is 0 Å². The van der Waals surface area contributed by atoms with Gasteiger partial charge in [0, 0.05) is 11.5 Å². The van der Waals surface area contributed by atoms with E-state index in [9.17, 15) is 9.90 Å². The van der Waals surface area contributed by atoms with E-state index in [0.717, 1.165) is 19.3 Å². The van der Waals surface area contributed by atoms with Crippen LogP contribution in [0.25, 0.3) is 0 Å². The summed E-state index contributed by atoms with van der Waals surface area (Å²) >= 11 is 5.99. The first-order valence-electron chi connectivity index (χ1n) is 6.48. The van der Waals surface area contributed by atoms with Gasteiger partial charge in [0.1, 0.15) is 0 Å². The second kappa shape index (κ2) is 5.80. The lowest BCUT2D eigenvalue weighted by atomic mass is 9.86. The molecule has 1 aliphatic rings. The first-order chi connectivity index (χ1) is 9.05. The lowest BCUT2D eigenvalue weighted by Crippen LogP contribution is -2.46. The van der Waals surface area contributed by atoms with E-state index in [0.29, 0.717) is 10.7 Å². The lowest BCUT2D eigenvalue weighted by molar-refractivity contribution is 0.122. The molecule has 2 unspecified atom stereocenters. The average molecular weight is 283 g/mol. The summed E-state index contributed by atoms with van der Waals surface area (Å²) in [6.07, 6.45) is 2.85. The molecule has 0 aliphatic heterocycles. The number of urea groups is 1. The highest BCUT2D eigenvalue weighted by molar-refractivity contribution is 6.33. The minimum absolute atomic E-state index is 0.0000113. The van der Waals surface area contributed by atoms with Crippen molar-refractivity contribution in [2.75, 3.05) is 11.9 Å². The molecule has 1 aromatic rings. The second-order valence-electron chi connectivity index (χ2n) is 5.34. The first-order valence-corrected chi connectivity index (χ1v) is 6.86. The third kappa shape index (κ3) is 3.19. The van der Waals surface area contributed by atoms with Crippen molar-refractivity contribution < 1.29 is 9.90 Å². The molecule has 0 spiro atoms. The number of benzene rings is 1. The Morgan fingerprint density at radius 3 is 2.95 bits per heavy atom. The Bertz CT molecular complexity index is 467. The number of hydrogen-bond donors (Lipinski definition) is 3. The van der Waals surface area contributed by atoms with Crippen molar-refractivity contribution in [3.63, 3.8) is 0 Å². The maximum atomic E-state index is 12.0. The van der Waals surface area contributed by atoms with Crippen LogP contribution in [0.15, 0.2) is 24.3 Å². The van der Waals surface area contributed by atoms with Crippen LogP contribution in [-0.2, 0) is 0 Å². The molecule has 2 rings (SSSR count). The molecule has 0 saturated heterocycles. The molecule has 1 fully saturated rings. The number of nitrogens with one attached hydrogen (secondary N) is 2. The van der Waals surface area contributed by atoms with Crippen LogP contribution in [0.3, 0.4) is 0 Å². The van der Waals surface area contributed by atoms with E-state index in [2.05, 4.69) is 10.6 Å². The first kappa shape index (κ1) is 14.2. The molecule has 5 heteroatoms. The molecule has 104 valence electrons. The highest BCUT2D eigenvalue weighted by Crippen LogP contribution is 2.37. The van der Waals surface area contributed by atoms with Crippen molar-refractivity contribution in [2.45, 2.75) is 32.2 Å². The van der Waals surface area contributed by atoms with Gasteiger partial charge in [0.05, 0.1) is 17.3 Å². The van der Waals surface area contributed by atoms with E-state index in [1.807, 2.05) is 19.1 Å². The van der Waals surface area contributed by atoms with Gasteiger partial charge in [-0.05, 0) is 25.0 Å². The normalized spacial score (nSPS) is 26.2. The number of rotatable bonds is 3. The van der Waals surface area contributed by atoms with Crippen LogP contribution in [0.5, 0.6) is 0 Å². The number of anilines is 1. The van der Waals surface area contributed by atoms with Gasteiger partial charge in [0.2, 0.25) is 0 Å². The van der Waals surface area contributed by atoms with Gasteiger partial charge in [-0.15, -0.1) is 0 Å². The van der Waals surface area contributed by atoms with Crippen molar-refractivity contribution in [2.24, 2.45) is 5.41 Å². The molecule has 3 N–H and O–H groups in total. The number of para-hydroxylation sites is 1. The van der Waals surface area contributed by atoms with Crippen molar-refractivity contribution >= 4 is 23.3 Å². The summed E-state index contributed by atoms with van der Waals surface area (Å²) in [5.74, 6) is 0. The summed E-state index contributed by atoms with van der Waals surface area (Å²) in [5.41, 5.74) is 0.364. The lowest BCUT2D eigenvalue weighted by Gasteiger charge is -2.30. The van der Waals surface area contributed by atoms with Crippen LogP contribution in [0.4, 0.5) is 10.5 Å². The molecule has 1 saturated carbocycles. The Morgan fingerprint density at radius 1 is 1.53 bits per heavy atom. The largest absolute Gasteiger partial charge is 0.396 e. The zero-order valence-electron chi connectivity index (χ0n) is 10.9. The summed E-state index contributed by atoms with van der Waals surface area (Å²) in [6, 6.07) is 6.83. The molecule has 4 nitrogen and oxygen atoms in total. The quantitative estimate of drug-likeness (QED) is 0.798. The maximum Gasteiger partial charge on any atom is 0.319 e. The molecule has 0 aromatic heterocycles. The van der Waals surface area contributed by atoms with Gasteiger partial charge in [0.25, 0.3) is 0 Å². The predicted molar refractivity (Wildman–Crippen MR) is 76.4 cm³/mol. The Morgan fingerprint density at radius 2 is 2.26 bits per heavy atom. The zero-order valence-corrected chi connectivity index (χ0v) is 11.7. The third-order valence-electron chi connectivity index (χ3n) is 3.87. The minimum atomic E-state index is -0.278. The summed E-state index contributed by atoms with van der Waals surface area (Å²) in [6.45, 7) is 2.09. The third-order valence-corrected chi connectivity index (χ3v) is 4.20. The van der Waals surface area contributed by atoms with E-state index in [-0.39, 0.29) is 24.1 Å². The molecule has 1 aliphatic carbocycles. The summed E-state index contributed by atoms with van der Waals surface area (Å²) in [4.78, 5) is 12.0. The SMILES string of the molecule is CC1(CO)CCCC1NC(=O)Nc1ccccc1Cl. The summed E-state index contributed by atoms with van der Waals surface area (Å²) in [7, 11) is 0. The van der Waals surface area contributed by atoms with Gasteiger partial charge in [0.15, 0.2) is 0 Å². The monoisotopic (exact) mass is 282 g/mol. The Kier molecular flexibility index (Phi) is 4.32. The molecular formula is C14H19ClN2O2. The highest BCUT2D eigenvalue weighted by Gasteiger charge is 2.39. The molecular weight excluding hydrogens is 264 g/mol. The van der Waals surface area contributed by atoms with E-state index in [1.54, 1.807) is 12.1 Å². The van der Waals surface area contributed by atoms with Crippen LogP contribution in [0.1, 0.15) is 26.2 Å².